The molecule has 5 nitrogen and oxygen atoms in total. The highest BCUT2D eigenvalue weighted by atomic mass is 127. The molecule has 3 N–H and O–H groups in total. The second kappa shape index (κ2) is 14.2. The standard InChI is InChI=1S/C19H33N3O2.HI/c1-5-20-19(21-12-7-6-9-15(2)3)22-14-18(23)16-10-8-11-17(13-16)24-4;/h8,10-11,13,15,18,23H,5-7,9,12,14H2,1-4H3,(H2,20,21,22);1H. The average Bonchev–Trinajstić information content (AvgIpc) is 2.58. The maximum absolute atomic E-state index is 10.3. The topological polar surface area (TPSA) is 65.9 Å². The van der Waals surface area contributed by atoms with E-state index in [9.17, 15) is 5.11 Å². The molecule has 0 saturated carbocycles. The van der Waals surface area contributed by atoms with Crippen molar-refractivity contribution in [2.45, 2.75) is 46.1 Å². The number of aliphatic hydroxyl groups excluding tert-OH is 1. The molecule has 0 bridgehead atoms. The van der Waals surface area contributed by atoms with Gasteiger partial charge in [0.2, 0.25) is 0 Å². The van der Waals surface area contributed by atoms with Crippen molar-refractivity contribution >= 4 is 29.9 Å². The van der Waals surface area contributed by atoms with Gasteiger partial charge in [0.1, 0.15) is 5.75 Å². The van der Waals surface area contributed by atoms with E-state index in [4.69, 9.17) is 4.74 Å². The fourth-order valence-corrected chi connectivity index (χ4v) is 2.36. The van der Waals surface area contributed by atoms with Crippen LogP contribution in [0.25, 0.3) is 0 Å². The number of rotatable bonds is 10. The number of nitrogens with one attached hydrogen (secondary N) is 2. The minimum atomic E-state index is -0.642. The molecule has 0 heterocycles. The molecule has 0 aliphatic rings. The van der Waals surface area contributed by atoms with Gasteiger partial charge in [-0.3, -0.25) is 4.99 Å². The summed E-state index contributed by atoms with van der Waals surface area (Å²) in [5.74, 6) is 2.25. The Hall–Kier alpha value is -1.02. The van der Waals surface area contributed by atoms with Gasteiger partial charge < -0.3 is 20.5 Å². The Morgan fingerprint density at radius 3 is 2.64 bits per heavy atom. The molecule has 6 heteroatoms. The van der Waals surface area contributed by atoms with E-state index in [1.54, 1.807) is 7.11 Å². The van der Waals surface area contributed by atoms with Gasteiger partial charge in [0.25, 0.3) is 0 Å². The average molecular weight is 463 g/mol. The van der Waals surface area contributed by atoms with E-state index in [0.29, 0.717) is 6.54 Å². The number of aliphatic imine (C=N–C) groups is 1. The van der Waals surface area contributed by atoms with Gasteiger partial charge in [-0.1, -0.05) is 38.8 Å². The molecule has 0 radical (unpaired) electrons. The molecule has 0 fully saturated rings. The molecule has 1 unspecified atom stereocenters. The third kappa shape index (κ3) is 10.5. The monoisotopic (exact) mass is 463 g/mol. The maximum atomic E-state index is 10.3. The molecule has 1 rings (SSSR count). The van der Waals surface area contributed by atoms with Crippen LogP contribution in [0, 0.1) is 5.92 Å². The molecule has 0 spiro atoms. The molecule has 0 aliphatic heterocycles. The maximum Gasteiger partial charge on any atom is 0.191 e. The first kappa shape index (κ1) is 24.0. The normalized spacial score (nSPS) is 12.5. The number of hydrogen-bond donors (Lipinski definition) is 3. The predicted molar refractivity (Wildman–Crippen MR) is 116 cm³/mol. The summed E-state index contributed by atoms with van der Waals surface area (Å²) in [5.41, 5.74) is 0.811. The van der Waals surface area contributed by atoms with Gasteiger partial charge in [0.15, 0.2) is 5.96 Å². The molecule has 25 heavy (non-hydrogen) atoms. The minimum absolute atomic E-state index is 0. The molecule has 1 aromatic rings. The molecule has 0 saturated heterocycles. The Kier molecular flexibility index (Phi) is 13.6. The van der Waals surface area contributed by atoms with Crippen LogP contribution in [0.3, 0.4) is 0 Å². The lowest BCUT2D eigenvalue weighted by atomic mass is 10.1. The Morgan fingerprint density at radius 2 is 2.00 bits per heavy atom. The number of ether oxygens (including phenoxy) is 1. The molecule has 1 atom stereocenters. The Balaban J connectivity index is 0.00000576. The smallest absolute Gasteiger partial charge is 0.191 e. The van der Waals surface area contributed by atoms with Crippen molar-refractivity contribution in [3.05, 3.63) is 29.8 Å². The SMILES string of the molecule is CCNC(=NCC(O)c1cccc(OC)c1)NCCCCC(C)C.I. The zero-order valence-electron chi connectivity index (χ0n) is 15.9. The van der Waals surface area contributed by atoms with E-state index in [1.165, 1.54) is 12.8 Å². The van der Waals surface area contributed by atoms with Crippen molar-refractivity contribution in [3.8, 4) is 5.75 Å². The van der Waals surface area contributed by atoms with E-state index in [2.05, 4.69) is 29.5 Å². The summed E-state index contributed by atoms with van der Waals surface area (Å²) in [6.07, 6.45) is 2.96. The highest BCUT2D eigenvalue weighted by Gasteiger charge is 2.08. The zero-order valence-corrected chi connectivity index (χ0v) is 18.2. The molecule has 0 aliphatic carbocycles. The van der Waals surface area contributed by atoms with Gasteiger partial charge in [-0.05, 0) is 37.0 Å². The number of guanidine groups is 1. The van der Waals surface area contributed by atoms with Crippen molar-refractivity contribution in [2.24, 2.45) is 10.9 Å². The van der Waals surface area contributed by atoms with Crippen LogP contribution >= 0.6 is 24.0 Å². The minimum Gasteiger partial charge on any atom is -0.497 e. The van der Waals surface area contributed by atoms with Crippen molar-refractivity contribution in [3.63, 3.8) is 0 Å². The molecular formula is C19H34IN3O2. The van der Waals surface area contributed by atoms with Crippen LogP contribution in [0.5, 0.6) is 5.75 Å². The lowest BCUT2D eigenvalue weighted by Crippen LogP contribution is -2.38. The van der Waals surface area contributed by atoms with Gasteiger partial charge in [-0.15, -0.1) is 24.0 Å². The number of unbranched alkanes of at least 4 members (excludes halogenated alkanes) is 1. The Bertz CT molecular complexity index is 495. The molecule has 0 amide bonds. The van der Waals surface area contributed by atoms with Crippen LogP contribution in [0.2, 0.25) is 0 Å². The number of methoxy groups -OCH3 is 1. The van der Waals surface area contributed by atoms with Crippen molar-refractivity contribution in [1.29, 1.82) is 0 Å². The largest absolute Gasteiger partial charge is 0.497 e. The lowest BCUT2D eigenvalue weighted by molar-refractivity contribution is 0.186. The number of aliphatic hydroxyl groups is 1. The van der Waals surface area contributed by atoms with Crippen molar-refractivity contribution in [2.75, 3.05) is 26.7 Å². The molecular weight excluding hydrogens is 429 g/mol. The number of hydrogen-bond acceptors (Lipinski definition) is 3. The van der Waals surface area contributed by atoms with E-state index >= 15 is 0 Å². The summed E-state index contributed by atoms with van der Waals surface area (Å²) in [6, 6.07) is 7.46. The molecule has 1 aromatic carbocycles. The summed E-state index contributed by atoms with van der Waals surface area (Å²) in [7, 11) is 1.62. The first-order valence-electron chi connectivity index (χ1n) is 8.91. The third-order valence-corrected chi connectivity index (χ3v) is 3.75. The second-order valence-corrected chi connectivity index (χ2v) is 6.33. The van der Waals surface area contributed by atoms with Gasteiger partial charge >= 0.3 is 0 Å². The zero-order chi connectivity index (χ0) is 17.8. The van der Waals surface area contributed by atoms with E-state index < -0.39 is 6.10 Å². The number of halogens is 1. The summed E-state index contributed by atoms with van der Waals surface area (Å²) < 4.78 is 5.19. The van der Waals surface area contributed by atoms with Crippen LogP contribution in [0.4, 0.5) is 0 Å². The van der Waals surface area contributed by atoms with E-state index in [-0.39, 0.29) is 24.0 Å². The first-order chi connectivity index (χ1) is 11.6. The second-order valence-electron chi connectivity index (χ2n) is 6.33. The van der Waals surface area contributed by atoms with Crippen LogP contribution < -0.4 is 15.4 Å². The molecule has 0 aromatic heterocycles. The number of nitrogens with zero attached hydrogens (tertiary/aromatic N) is 1. The van der Waals surface area contributed by atoms with Crippen LogP contribution in [0.15, 0.2) is 29.3 Å². The Labute approximate surface area is 169 Å². The van der Waals surface area contributed by atoms with E-state index in [0.717, 1.165) is 42.7 Å². The van der Waals surface area contributed by atoms with Gasteiger partial charge in [-0.2, -0.15) is 0 Å². The van der Waals surface area contributed by atoms with Crippen molar-refractivity contribution < 1.29 is 9.84 Å². The van der Waals surface area contributed by atoms with Crippen LogP contribution in [-0.4, -0.2) is 37.8 Å². The summed E-state index contributed by atoms with van der Waals surface area (Å²) in [6.45, 7) is 8.54. The van der Waals surface area contributed by atoms with Crippen LogP contribution in [-0.2, 0) is 0 Å². The van der Waals surface area contributed by atoms with Crippen LogP contribution in [0.1, 0.15) is 51.7 Å². The van der Waals surface area contributed by atoms with Crippen molar-refractivity contribution in [1.82, 2.24) is 10.6 Å². The predicted octanol–water partition coefficient (Wildman–Crippen LogP) is 3.73. The highest BCUT2D eigenvalue weighted by Crippen LogP contribution is 2.19. The summed E-state index contributed by atoms with van der Waals surface area (Å²) in [5, 5.41) is 16.9. The summed E-state index contributed by atoms with van der Waals surface area (Å²) >= 11 is 0. The summed E-state index contributed by atoms with van der Waals surface area (Å²) in [4.78, 5) is 4.48. The van der Waals surface area contributed by atoms with Gasteiger partial charge in [0.05, 0.1) is 19.8 Å². The van der Waals surface area contributed by atoms with Gasteiger partial charge in [0, 0.05) is 13.1 Å². The number of benzene rings is 1. The Morgan fingerprint density at radius 1 is 1.24 bits per heavy atom. The van der Waals surface area contributed by atoms with E-state index in [1.807, 2.05) is 31.2 Å². The third-order valence-electron chi connectivity index (χ3n) is 3.75. The molecule has 144 valence electrons. The fraction of sp³-hybridized carbons (Fsp3) is 0.632. The quantitative estimate of drug-likeness (QED) is 0.214. The highest BCUT2D eigenvalue weighted by molar-refractivity contribution is 14.0. The lowest BCUT2D eigenvalue weighted by Gasteiger charge is -2.14. The van der Waals surface area contributed by atoms with Gasteiger partial charge in [-0.25, -0.2) is 0 Å². The first-order valence-corrected chi connectivity index (χ1v) is 8.91. The fourth-order valence-electron chi connectivity index (χ4n) is 2.36.